The van der Waals surface area contributed by atoms with Crippen molar-refractivity contribution in [3.05, 3.63) is 52.9 Å². The number of aliphatic hydroxyl groups is 1. The number of hydrogen-bond donors (Lipinski definition) is 1. The zero-order valence-electron chi connectivity index (χ0n) is 14.7. The summed E-state index contributed by atoms with van der Waals surface area (Å²) in [5, 5.41) is 10.1. The van der Waals surface area contributed by atoms with Gasteiger partial charge in [-0.15, -0.1) is 0 Å². The van der Waals surface area contributed by atoms with Crippen LogP contribution in [0.5, 0.6) is 5.75 Å². The zero-order valence-corrected chi connectivity index (χ0v) is 15.5. The van der Waals surface area contributed by atoms with E-state index in [1.807, 2.05) is 6.07 Å². The van der Waals surface area contributed by atoms with Gasteiger partial charge in [0.05, 0.1) is 12.1 Å². The Bertz CT molecular complexity index is 746. The minimum Gasteiger partial charge on any atom is -0.497 e. The molecule has 26 heavy (non-hydrogen) atoms. The number of aliphatic hydroxyl groups excluding tert-OH is 1. The molecular formula is C19H23ClFN3O2. The third-order valence-electron chi connectivity index (χ3n) is 4.74. The fraction of sp³-hybridized carbons (Fsp3) is 0.421. The van der Waals surface area contributed by atoms with Gasteiger partial charge in [-0.2, -0.15) is 0 Å². The molecule has 1 unspecified atom stereocenters. The molecule has 0 bridgehead atoms. The number of anilines is 1. The summed E-state index contributed by atoms with van der Waals surface area (Å²) in [7, 11) is 1.52. The highest BCUT2D eigenvalue weighted by molar-refractivity contribution is 6.32. The molecule has 0 spiro atoms. The normalized spacial score (nSPS) is 18.2. The summed E-state index contributed by atoms with van der Waals surface area (Å²) in [5.41, 5.74) is 0.623. The molecule has 3 rings (SSSR count). The van der Waals surface area contributed by atoms with Crippen LogP contribution in [0.2, 0.25) is 5.02 Å². The number of ether oxygens (including phenoxy) is 1. The van der Waals surface area contributed by atoms with Gasteiger partial charge >= 0.3 is 0 Å². The van der Waals surface area contributed by atoms with Crippen LogP contribution < -0.4 is 9.64 Å². The molecule has 2 aromatic rings. The van der Waals surface area contributed by atoms with Crippen molar-refractivity contribution in [3.63, 3.8) is 0 Å². The Labute approximate surface area is 158 Å². The van der Waals surface area contributed by atoms with E-state index in [1.54, 1.807) is 24.4 Å². The minimum atomic E-state index is -0.276. The van der Waals surface area contributed by atoms with Crippen molar-refractivity contribution in [2.45, 2.75) is 19.0 Å². The lowest BCUT2D eigenvalue weighted by molar-refractivity contribution is 0.134. The van der Waals surface area contributed by atoms with Crippen LogP contribution in [0.15, 0.2) is 36.5 Å². The van der Waals surface area contributed by atoms with Gasteiger partial charge in [-0.05, 0) is 24.6 Å². The second kappa shape index (κ2) is 8.66. The van der Waals surface area contributed by atoms with Crippen molar-refractivity contribution < 1.29 is 14.2 Å². The number of nitrogens with zero attached hydrogens (tertiary/aromatic N) is 3. The first kappa shape index (κ1) is 18.9. The lowest BCUT2D eigenvalue weighted by atomic mass is 10.1. The fourth-order valence-electron chi connectivity index (χ4n) is 3.33. The van der Waals surface area contributed by atoms with Gasteiger partial charge in [0, 0.05) is 56.7 Å². The lowest BCUT2D eigenvalue weighted by Gasteiger charge is -2.42. The molecule has 1 fully saturated rings. The maximum Gasteiger partial charge on any atom is 0.147 e. The highest BCUT2D eigenvalue weighted by Gasteiger charge is 2.28. The van der Waals surface area contributed by atoms with Gasteiger partial charge < -0.3 is 14.7 Å². The topological polar surface area (TPSA) is 48.8 Å². The molecule has 0 amide bonds. The van der Waals surface area contributed by atoms with Gasteiger partial charge in [-0.1, -0.05) is 17.7 Å². The van der Waals surface area contributed by atoms with E-state index in [1.165, 1.54) is 13.2 Å². The monoisotopic (exact) mass is 379 g/mol. The quantitative estimate of drug-likeness (QED) is 0.836. The van der Waals surface area contributed by atoms with Gasteiger partial charge in [0.25, 0.3) is 0 Å². The second-order valence-corrected chi connectivity index (χ2v) is 6.76. The summed E-state index contributed by atoms with van der Waals surface area (Å²) in [4.78, 5) is 8.71. The molecule has 0 aliphatic carbocycles. The lowest BCUT2D eigenvalue weighted by Crippen LogP contribution is -2.53. The van der Waals surface area contributed by atoms with Crippen LogP contribution in [0.1, 0.15) is 12.0 Å². The standard InChI is InChI=1S/C19H23ClFN3O2/c1-26-16-5-4-14(18(21)11-16)12-23-8-9-24(13-15(23)6-10-25)19-17(20)3-2-7-22-19/h2-5,7,11,15,25H,6,8-10,12-13H2,1H3. The summed E-state index contributed by atoms with van der Waals surface area (Å²) in [5.74, 6) is 0.988. The number of pyridine rings is 1. The predicted molar refractivity (Wildman–Crippen MR) is 100 cm³/mol. The Morgan fingerprint density at radius 1 is 1.35 bits per heavy atom. The summed E-state index contributed by atoms with van der Waals surface area (Å²) >= 11 is 6.27. The first-order valence-electron chi connectivity index (χ1n) is 8.65. The third-order valence-corrected chi connectivity index (χ3v) is 5.03. The Hall–Kier alpha value is -1.89. The van der Waals surface area contributed by atoms with Crippen molar-refractivity contribution in [2.75, 3.05) is 38.3 Å². The maximum atomic E-state index is 14.3. The average Bonchev–Trinajstić information content (AvgIpc) is 2.65. The number of benzene rings is 1. The molecule has 1 aliphatic rings. The molecule has 140 valence electrons. The molecule has 1 atom stereocenters. The zero-order chi connectivity index (χ0) is 18.5. The van der Waals surface area contributed by atoms with Gasteiger partial charge in [0.1, 0.15) is 17.4 Å². The Morgan fingerprint density at radius 3 is 2.88 bits per heavy atom. The molecular weight excluding hydrogens is 357 g/mol. The van der Waals surface area contributed by atoms with Gasteiger partial charge in [0.2, 0.25) is 0 Å². The number of halogens is 2. The van der Waals surface area contributed by atoms with Gasteiger partial charge in [0.15, 0.2) is 0 Å². The third kappa shape index (κ3) is 4.26. The predicted octanol–water partition coefficient (Wildman–Crippen LogP) is 2.96. The van der Waals surface area contributed by atoms with Crippen molar-refractivity contribution >= 4 is 17.4 Å². The molecule has 1 aromatic heterocycles. The maximum absolute atomic E-state index is 14.3. The number of aromatic nitrogens is 1. The summed E-state index contributed by atoms with van der Waals surface area (Å²) in [6, 6.07) is 8.65. The Morgan fingerprint density at radius 2 is 2.19 bits per heavy atom. The van der Waals surface area contributed by atoms with E-state index in [9.17, 15) is 9.50 Å². The van der Waals surface area contributed by atoms with Gasteiger partial charge in [-0.25, -0.2) is 9.37 Å². The Kier molecular flexibility index (Phi) is 6.29. The molecule has 2 heterocycles. The Balaban J connectivity index is 1.74. The van der Waals surface area contributed by atoms with Crippen molar-refractivity contribution in [3.8, 4) is 5.75 Å². The number of hydrogen-bond acceptors (Lipinski definition) is 5. The van der Waals surface area contributed by atoms with Crippen LogP contribution in [0.4, 0.5) is 10.2 Å². The molecule has 1 aromatic carbocycles. The van der Waals surface area contributed by atoms with Crippen LogP contribution in [0.25, 0.3) is 0 Å². The highest BCUT2D eigenvalue weighted by atomic mass is 35.5. The number of rotatable bonds is 6. The van der Waals surface area contributed by atoms with Crippen LogP contribution in [-0.4, -0.2) is 54.4 Å². The number of methoxy groups -OCH3 is 1. The number of piperazine rings is 1. The molecule has 5 nitrogen and oxygen atoms in total. The van der Waals surface area contributed by atoms with Crippen LogP contribution >= 0.6 is 11.6 Å². The minimum absolute atomic E-state index is 0.0794. The highest BCUT2D eigenvalue weighted by Crippen LogP contribution is 2.27. The summed E-state index contributed by atoms with van der Waals surface area (Å²) < 4.78 is 19.4. The van der Waals surface area contributed by atoms with Crippen molar-refractivity contribution in [2.24, 2.45) is 0 Å². The van der Waals surface area contributed by atoms with Crippen LogP contribution in [0.3, 0.4) is 0 Å². The molecule has 7 heteroatoms. The first-order chi connectivity index (χ1) is 12.6. The van der Waals surface area contributed by atoms with E-state index in [2.05, 4.69) is 14.8 Å². The molecule has 1 N–H and O–H groups in total. The van der Waals surface area contributed by atoms with Gasteiger partial charge in [-0.3, -0.25) is 4.90 Å². The second-order valence-electron chi connectivity index (χ2n) is 6.35. The molecule has 1 saturated heterocycles. The smallest absolute Gasteiger partial charge is 0.147 e. The molecule has 0 saturated carbocycles. The first-order valence-corrected chi connectivity index (χ1v) is 9.03. The van der Waals surface area contributed by atoms with Crippen LogP contribution in [-0.2, 0) is 6.54 Å². The van der Waals surface area contributed by atoms with E-state index in [-0.39, 0.29) is 18.5 Å². The van der Waals surface area contributed by atoms with E-state index in [4.69, 9.17) is 16.3 Å². The average molecular weight is 380 g/mol. The SMILES string of the molecule is COc1ccc(CN2CCN(c3ncccc3Cl)CC2CCO)c(F)c1. The van der Waals surface area contributed by atoms with E-state index in [0.29, 0.717) is 35.8 Å². The summed E-state index contributed by atoms with van der Waals surface area (Å²) in [6.45, 7) is 2.74. The van der Waals surface area contributed by atoms with Crippen molar-refractivity contribution in [1.29, 1.82) is 0 Å². The van der Waals surface area contributed by atoms with E-state index in [0.717, 1.165) is 18.9 Å². The van der Waals surface area contributed by atoms with E-state index < -0.39 is 0 Å². The molecule has 1 aliphatic heterocycles. The van der Waals surface area contributed by atoms with E-state index >= 15 is 0 Å². The van der Waals surface area contributed by atoms with Crippen LogP contribution in [0, 0.1) is 5.82 Å². The van der Waals surface area contributed by atoms with Crippen molar-refractivity contribution in [1.82, 2.24) is 9.88 Å². The fourth-order valence-corrected chi connectivity index (χ4v) is 3.57. The summed E-state index contributed by atoms with van der Waals surface area (Å²) in [6.07, 6.45) is 2.33. The molecule has 0 radical (unpaired) electrons. The largest absolute Gasteiger partial charge is 0.497 e.